The van der Waals surface area contributed by atoms with Crippen LogP contribution < -0.4 is 5.32 Å². The lowest BCUT2D eigenvalue weighted by Gasteiger charge is -2.14. The van der Waals surface area contributed by atoms with E-state index in [1.165, 1.54) is 6.42 Å². The minimum atomic E-state index is 0.528. The lowest BCUT2D eigenvalue weighted by molar-refractivity contribution is 0.351. The zero-order chi connectivity index (χ0) is 11.3. The summed E-state index contributed by atoms with van der Waals surface area (Å²) in [5, 5.41) is 7.39. The Kier molecular flexibility index (Phi) is 4.82. The number of aromatic nitrogens is 1. The molecule has 0 aromatic carbocycles. The van der Waals surface area contributed by atoms with Crippen LogP contribution in [0.5, 0.6) is 0 Å². The highest BCUT2D eigenvalue weighted by molar-refractivity contribution is 5.04. The molecule has 0 aliphatic rings. The molecule has 1 atom stereocenters. The fourth-order valence-electron chi connectivity index (χ4n) is 1.67. The smallest absolute Gasteiger partial charge is 0.150 e. The molecule has 86 valence electrons. The average Bonchev–Trinajstić information content (AvgIpc) is 2.61. The SMILES string of the molecule is CCc1cc(CNC(C)CC(C)C)on1. The summed E-state index contributed by atoms with van der Waals surface area (Å²) in [4.78, 5) is 0. The molecular formula is C12H22N2O. The summed E-state index contributed by atoms with van der Waals surface area (Å²) in [6.07, 6.45) is 2.12. The molecule has 0 aliphatic heterocycles. The quantitative estimate of drug-likeness (QED) is 0.784. The van der Waals surface area contributed by atoms with Gasteiger partial charge < -0.3 is 9.84 Å². The van der Waals surface area contributed by atoms with Gasteiger partial charge in [-0.05, 0) is 25.7 Å². The van der Waals surface area contributed by atoms with Gasteiger partial charge in [0.15, 0.2) is 5.76 Å². The van der Waals surface area contributed by atoms with Gasteiger partial charge in [-0.1, -0.05) is 25.9 Å². The first kappa shape index (κ1) is 12.2. The van der Waals surface area contributed by atoms with Crippen LogP contribution in [0.2, 0.25) is 0 Å². The van der Waals surface area contributed by atoms with E-state index in [9.17, 15) is 0 Å². The van der Waals surface area contributed by atoms with Crippen LogP contribution in [-0.4, -0.2) is 11.2 Å². The second kappa shape index (κ2) is 5.91. The third-order valence-corrected chi connectivity index (χ3v) is 2.42. The normalized spacial score (nSPS) is 13.4. The van der Waals surface area contributed by atoms with Crippen molar-refractivity contribution in [2.75, 3.05) is 0 Å². The van der Waals surface area contributed by atoms with Gasteiger partial charge in [0.05, 0.1) is 12.2 Å². The Morgan fingerprint density at radius 3 is 2.67 bits per heavy atom. The Morgan fingerprint density at radius 1 is 1.40 bits per heavy atom. The molecule has 0 amide bonds. The molecule has 1 heterocycles. The minimum absolute atomic E-state index is 0.528. The highest BCUT2D eigenvalue weighted by Gasteiger charge is 2.06. The third-order valence-electron chi connectivity index (χ3n) is 2.42. The third kappa shape index (κ3) is 4.47. The molecule has 1 aromatic rings. The van der Waals surface area contributed by atoms with Crippen molar-refractivity contribution >= 4 is 0 Å². The second-order valence-electron chi connectivity index (χ2n) is 4.55. The van der Waals surface area contributed by atoms with Crippen molar-refractivity contribution in [2.45, 2.75) is 53.1 Å². The van der Waals surface area contributed by atoms with Crippen LogP contribution in [0.15, 0.2) is 10.6 Å². The summed E-state index contributed by atoms with van der Waals surface area (Å²) < 4.78 is 5.20. The van der Waals surface area contributed by atoms with Crippen LogP contribution >= 0.6 is 0 Å². The summed E-state index contributed by atoms with van der Waals surface area (Å²) in [6, 6.07) is 2.55. The summed E-state index contributed by atoms with van der Waals surface area (Å²) in [5.41, 5.74) is 1.03. The van der Waals surface area contributed by atoms with Crippen LogP contribution in [0, 0.1) is 5.92 Å². The maximum absolute atomic E-state index is 5.20. The topological polar surface area (TPSA) is 38.1 Å². The zero-order valence-electron chi connectivity index (χ0n) is 10.2. The van der Waals surface area contributed by atoms with E-state index in [1.807, 2.05) is 6.07 Å². The predicted octanol–water partition coefficient (Wildman–Crippen LogP) is 2.76. The molecule has 3 heteroatoms. The molecule has 0 bridgehead atoms. The summed E-state index contributed by atoms with van der Waals surface area (Å²) in [7, 11) is 0. The van der Waals surface area contributed by atoms with Gasteiger partial charge in [0.1, 0.15) is 0 Å². The van der Waals surface area contributed by atoms with Crippen LogP contribution in [0.25, 0.3) is 0 Å². The Labute approximate surface area is 92.2 Å². The van der Waals surface area contributed by atoms with Gasteiger partial charge in [-0.25, -0.2) is 0 Å². The minimum Gasteiger partial charge on any atom is -0.360 e. The molecule has 3 nitrogen and oxygen atoms in total. The Morgan fingerprint density at radius 2 is 2.13 bits per heavy atom. The van der Waals surface area contributed by atoms with Crippen molar-refractivity contribution in [3.8, 4) is 0 Å². The largest absolute Gasteiger partial charge is 0.360 e. The lowest BCUT2D eigenvalue weighted by atomic mass is 10.1. The summed E-state index contributed by atoms with van der Waals surface area (Å²) in [5.74, 6) is 1.66. The molecule has 1 rings (SSSR count). The lowest BCUT2D eigenvalue weighted by Crippen LogP contribution is -2.26. The first-order valence-corrected chi connectivity index (χ1v) is 5.79. The monoisotopic (exact) mass is 210 g/mol. The van der Waals surface area contributed by atoms with Gasteiger partial charge in [0, 0.05) is 12.1 Å². The van der Waals surface area contributed by atoms with Gasteiger partial charge in [0.2, 0.25) is 0 Å². The van der Waals surface area contributed by atoms with E-state index < -0.39 is 0 Å². The van der Waals surface area contributed by atoms with Crippen LogP contribution in [-0.2, 0) is 13.0 Å². The van der Waals surface area contributed by atoms with Crippen molar-refractivity contribution in [1.29, 1.82) is 0 Å². The highest BCUT2D eigenvalue weighted by atomic mass is 16.5. The van der Waals surface area contributed by atoms with Gasteiger partial charge in [-0.2, -0.15) is 0 Å². The van der Waals surface area contributed by atoms with Crippen molar-refractivity contribution in [3.63, 3.8) is 0 Å². The maximum atomic E-state index is 5.20. The predicted molar refractivity (Wildman–Crippen MR) is 61.6 cm³/mol. The van der Waals surface area contributed by atoms with Crippen LogP contribution in [0.1, 0.15) is 45.6 Å². The number of aryl methyl sites for hydroxylation is 1. The second-order valence-corrected chi connectivity index (χ2v) is 4.55. The van der Waals surface area contributed by atoms with E-state index in [0.717, 1.165) is 30.3 Å². The first-order valence-electron chi connectivity index (χ1n) is 5.79. The molecule has 0 spiro atoms. The molecule has 0 saturated carbocycles. The number of hydrogen-bond acceptors (Lipinski definition) is 3. The number of nitrogens with one attached hydrogen (secondary N) is 1. The van der Waals surface area contributed by atoms with Crippen molar-refractivity contribution < 1.29 is 4.52 Å². The van der Waals surface area contributed by atoms with Gasteiger partial charge in [-0.3, -0.25) is 0 Å². The van der Waals surface area contributed by atoms with E-state index in [4.69, 9.17) is 4.52 Å². The Balaban J connectivity index is 2.30. The molecule has 1 unspecified atom stereocenters. The van der Waals surface area contributed by atoms with Crippen LogP contribution in [0.4, 0.5) is 0 Å². The fraction of sp³-hybridized carbons (Fsp3) is 0.750. The van der Waals surface area contributed by atoms with Gasteiger partial charge in [-0.15, -0.1) is 0 Å². The Bertz CT molecular complexity index is 281. The Hall–Kier alpha value is -0.830. The first-order chi connectivity index (χ1) is 7.11. The summed E-state index contributed by atoms with van der Waals surface area (Å²) >= 11 is 0. The van der Waals surface area contributed by atoms with E-state index in [0.29, 0.717) is 6.04 Å². The van der Waals surface area contributed by atoms with Crippen molar-refractivity contribution in [2.24, 2.45) is 5.92 Å². The molecule has 0 radical (unpaired) electrons. The molecule has 0 fully saturated rings. The number of hydrogen-bond donors (Lipinski definition) is 1. The maximum Gasteiger partial charge on any atom is 0.150 e. The van der Waals surface area contributed by atoms with E-state index in [2.05, 4.69) is 38.2 Å². The molecule has 1 aromatic heterocycles. The number of rotatable bonds is 6. The fourth-order valence-corrected chi connectivity index (χ4v) is 1.67. The highest BCUT2D eigenvalue weighted by Crippen LogP contribution is 2.07. The van der Waals surface area contributed by atoms with E-state index in [-0.39, 0.29) is 0 Å². The van der Waals surface area contributed by atoms with Crippen molar-refractivity contribution in [1.82, 2.24) is 10.5 Å². The average molecular weight is 210 g/mol. The van der Waals surface area contributed by atoms with E-state index in [1.54, 1.807) is 0 Å². The molecule has 0 aliphatic carbocycles. The van der Waals surface area contributed by atoms with E-state index >= 15 is 0 Å². The van der Waals surface area contributed by atoms with Crippen molar-refractivity contribution in [3.05, 3.63) is 17.5 Å². The number of nitrogens with zero attached hydrogens (tertiary/aromatic N) is 1. The molecule has 0 saturated heterocycles. The summed E-state index contributed by atoms with van der Waals surface area (Å²) in [6.45, 7) is 9.54. The van der Waals surface area contributed by atoms with Gasteiger partial charge >= 0.3 is 0 Å². The standard InChI is InChI=1S/C12H22N2O/c1-5-11-7-12(15-14-11)8-13-10(4)6-9(2)3/h7,9-10,13H,5-6,8H2,1-4H3. The van der Waals surface area contributed by atoms with Gasteiger partial charge in [0.25, 0.3) is 0 Å². The molecule has 1 N–H and O–H groups in total. The molecule has 15 heavy (non-hydrogen) atoms. The molecular weight excluding hydrogens is 188 g/mol. The zero-order valence-corrected chi connectivity index (χ0v) is 10.2. The van der Waals surface area contributed by atoms with Crippen LogP contribution in [0.3, 0.4) is 0 Å².